The smallest absolute Gasteiger partial charge is 0.411 e. The third kappa shape index (κ3) is 3.45. The number of rotatable bonds is 4. The van der Waals surface area contributed by atoms with Crippen molar-refractivity contribution in [2.45, 2.75) is 18.2 Å². The standard InChI is InChI=1S/C12H15NO5S/c1-10-3-5-11(6-4-10)19(15,16)18-9-17-12(14)13-7-2-8-13/h3-6H,2,7-9H2,1H3. The number of carbonyl (C=O) groups is 1. The maximum Gasteiger partial charge on any atom is 0.411 e. The summed E-state index contributed by atoms with van der Waals surface area (Å²) in [5.74, 6) is 0. The summed E-state index contributed by atoms with van der Waals surface area (Å²) in [5, 5.41) is 0. The fraction of sp³-hybridized carbons (Fsp3) is 0.417. The van der Waals surface area contributed by atoms with Crippen molar-refractivity contribution in [3.05, 3.63) is 29.8 Å². The van der Waals surface area contributed by atoms with Gasteiger partial charge in [-0.3, -0.25) is 0 Å². The monoisotopic (exact) mass is 285 g/mol. The summed E-state index contributed by atoms with van der Waals surface area (Å²) in [6.07, 6.45) is 0.391. The zero-order valence-electron chi connectivity index (χ0n) is 10.5. The van der Waals surface area contributed by atoms with Gasteiger partial charge in [-0.25, -0.2) is 8.98 Å². The zero-order valence-corrected chi connectivity index (χ0v) is 11.4. The molecule has 1 amide bonds. The van der Waals surface area contributed by atoms with Crippen LogP contribution in [0.5, 0.6) is 0 Å². The Kier molecular flexibility index (Phi) is 4.06. The summed E-state index contributed by atoms with van der Waals surface area (Å²) in [6.45, 7) is 2.53. The number of nitrogens with zero attached hydrogens (tertiary/aromatic N) is 1. The van der Waals surface area contributed by atoms with Gasteiger partial charge >= 0.3 is 6.09 Å². The lowest BCUT2D eigenvalue weighted by molar-refractivity contribution is 0.0265. The van der Waals surface area contributed by atoms with Gasteiger partial charge in [0.05, 0.1) is 4.90 Å². The van der Waals surface area contributed by atoms with Crippen molar-refractivity contribution in [1.82, 2.24) is 4.90 Å². The predicted octanol–water partition coefficient (Wildman–Crippen LogP) is 1.50. The molecule has 1 fully saturated rings. The minimum Gasteiger partial charge on any atom is -0.421 e. The molecular weight excluding hydrogens is 270 g/mol. The van der Waals surface area contributed by atoms with E-state index in [1.807, 2.05) is 6.92 Å². The van der Waals surface area contributed by atoms with Crippen LogP contribution >= 0.6 is 0 Å². The predicted molar refractivity (Wildman–Crippen MR) is 67.0 cm³/mol. The summed E-state index contributed by atoms with van der Waals surface area (Å²) in [7, 11) is -3.88. The number of carbonyl (C=O) groups excluding carboxylic acids is 1. The van der Waals surface area contributed by atoms with Crippen LogP contribution < -0.4 is 0 Å². The van der Waals surface area contributed by atoms with Gasteiger partial charge in [0.15, 0.2) is 0 Å². The van der Waals surface area contributed by atoms with Crippen LogP contribution in [0.1, 0.15) is 12.0 Å². The molecule has 7 heteroatoms. The van der Waals surface area contributed by atoms with Gasteiger partial charge in [0.25, 0.3) is 10.1 Å². The van der Waals surface area contributed by atoms with E-state index in [2.05, 4.69) is 4.18 Å². The highest BCUT2D eigenvalue weighted by molar-refractivity contribution is 7.86. The minimum absolute atomic E-state index is 0.0399. The lowest BCUT2D eigenvalue weighted by Gasteiger charge is -2.29. The van der Waals surface area contributed by atoms with E-state index in [0.29, 0.717) is 13.1 Å². The maximum absolute atomic E-state index is 11.8. The molecule has 0 saturated carbocycles. The molecule has 1 aromatic rings. The van der Waals surface area contributed by atoms with E-state index in [9.17, 15) is 13.2 Å². The summed E-state index contributed by atoms with van der Waals surface area (Å²) in [4.78, 5) is 12.8. The fourth-order valence-corrected chi connectivity index (χ4v) is 2.28. The second-order valence-electron chi connectivity index (χ2n) is 4.25. The number of benzene rings is 1. The van der Waals surface area contributed by atoms with E-state index < -0.39 is 23.0 Å². The van der Waals surface area contributed by atoms with Crippen LogP contribution in [0, 0.1) is 6.92 Å². The Morgan fingerprint density at radius 1 is 1.26 bits per heavy atom. The molecule has 0 aliphatic carbocycles. The molecule has 1 aliphatic rings. The highest BCUT2D eigenvalue weighted by Gasteiger charge is 2.22. The molecule has 1 aliphatic heterocycles. The molecule has 2 rings (SSSR count). The van der Waals surface area contributed by atoms with Crippen molar-refractivity contribution in [3.63, 3.8) is 0 Å². The number of likely N-dealkylation sites (tertiary alicyclic amines) is 1. The van der Waals surface area contributed by atoms with Gasteiger partial charge in [0.1, 0.15) is 0 Å². The highest BCUT2D eigenvalue weighted by atomic mass is 32.2. The summed E-state index contributed by atoms with van der Waals surface area (Å²) in [6, 6.07) is 6.23. The molecule has 0 radical (unpaired) electrons. The molecule has 0 bridgehead atoms. The number of amides is 1. The third-order valence-electron chi connectivity index (χ3n) is 2.81. The number of aryl methyl sites for hydroxylation is 1. The molecule has 6 nitrogen and oxygen atoms in total. The van der Waals surface area contributed by atoms with E-state index in [4.69, 9.17) is 4.74 Å². The molecule has 1 aromatic carbocycles. The second-order valence-corrected chi connectivity index (χ2v) is 5.87. The topological polar surface area (TPSA) is 72.9 Å². The number of hydrogen-bond acceptors (Lipinski definition) is 5. The molecule has 1 saturated heterocycles. The average Bonchev–Trinajstić information content (AvgIpc) is 2.26. The van der Waals surface area contributed by atoms with Crippen molar-refractivity contribution in [2.75, 3.05) is 19.9 Å². The Morgan fingerprint density at radius 2 is 1.89 bits per heavy atom. The molecule has 0 unspecified atom stereocenters. The van der Waals surface area contributed by atoms with Crippen molar-refractivity contribution in [3.8, 4) is 0 Å². The Hall–Kier alpha value is -1.60. The van der Waals surface area contributed by atoms with Crippen LogP contribution in [0.15, 0.2) is 29.2 Å². The van der Waals surface area contributed by atoms with Crippen LogP contribution in [-0.4, -0.2) is 39.3 Å². The van der Waals surface area contributed by atoms with Crippen LogP contribution in [0.25, 0.3) is 0 Å². The van der Waals surface area contributed by atoms with Gasteiger partial charge in [-0.15, -0.1) is 0 Å². The lowest BCUT2D eigenvalue weighted by Crippen LogP contribution is -2.42. The maximum atomic E-state index is 11.8. The first-order valence-electron chi connectivity index (χ1n) is 5.87. The first-order chi connectivity index (χ1) is 8.99. The molecule has 0 spiro atoms. The van der Waals surface area contributed by atoms with Gasteiger partial charge in [-0.05, 0) is 25.5 Å². The SMILES string of the molecule is Cc1ccc(S(=O)(=O)OCOC(=O)N2CCC2)cc1. The molecule has 19 heavy (non-hydrogen) atoms. The number of hydrogen-bond donors (Lipinski definition) is 0. The molecule has 0 N–H and O–H groups in total. The van der Waals surface area contributed by atoms with Crippen LogP contribution in [-0.2, 0) is 19.0 Å². The fourth-order valence-electron chi connectivity index (χ4n) is 1.50. The first kappa shape index (κ1) is 13.8. The molecule has 1 heterocycles. The minimum atomic E-state index is -3.88. The van der Waals surface area contributed by atoms with Crippen molar-refractivity contribution in [1.29, 1.82) is 0 Å². The molecule has 0 aromatic heterocycles. The molecular formula is C12H15NO5S. The summed E-state index contributed by atoms with van der Waals surface area (Å²) in [5.41, 5.74) is 0.947. The molecule has 0 atom stereocenters. The molecule has 104 valence electrons. The Morgan fingerprint density at radius 3 is 2.42 bits per heavy atom. The highest BCUT2D eigenvalue weighted by Crippen LogP contribution is 2.14. The second kappa shape index (κ2) is 5.58. The van der Waals surface area contributed by atoms with Crippen LogP contribution in [0.2, 0.25) is 0 Å². The van der Waals surface area contributed by atoms with E-state index in [0.717, 1.165) is 12.0 Å². The van der Waals surface area contributed by atoms with Gasteiger partial charge in [-0.1, -0.05) is 17.7 Å². The van der Waals surface area contributed by atoms with Gasteiger partial charge in [0.2, 0.25) is 6.79 Å². The zero-order chi connectivity index (χ0) is 13.9. The van der Waals surface area contributed by atoms with Crippen molar-refractivity contribution >= 4 is 16.2 Å². The Balaban J connectivity index is 1.87. The average molecular weight is 285 g/mol. The summed E-state index contributed by atoms with van der Waals surface area (Å²) < 4.78 is 32.9. The van der Waals surface area contributed by atoms with Gasteiger partial charge < -0.3 is 9.64 Å². The first-order valence-corrected chi connectivity index (χ1v) is 7.28. The van der Waals surface area contributed by atoms with E-state index in [1.165, 1.54) is 17.0 Å². The van der Waals surface area contributed by atoms with Gasteiger partial charge in [-0.2, -0.15) is 8.42 Å². The quantitative estimate of drug-likeness (QED) is 0.619. The largest absolute Gasteiger partial charge is 0.421 e. The van der Waals surface area contributed by atoms with Crippen molar-refractivity contribution < 1.29 is 22.1 Å². The Labute approximate surface area is 112 Å². The summed E-state index contributed by atoms with van der Waals surface area (Å²) >= 11 is 0. The van der Waals surface area contributed by atoms with Gasteiger partial charge in [0, 0.05) is 13.1 Å². The van der Waals surface area contributed by atoms with Crippen LogP contribution in [0.3, 0.4) is 0 Å². The number of ether oxygens (including phenoxy) is 1. The lowest BCUT2D eigenvalue weighted by atomic mass is 10.2. The van der Waals surface area contributed by atoms with Crippen LogP contribution in [0.4, 0.5) is 4.79 Å². The third-order valence-corrected chi connectivity index (χ3v) is 4.07. The Bertz CT molecular complexity index is 548. The normalized spacial score (nSPS) is 14.9. The van der Waals surface area contributed by atoms with E-state index in [1.54, 1.807) is 12.1 Å². The van der Waals surface area contributed by atoms with Crippen molar-refractivity contribution in [2.24, 2.45) is 0 Å². The van der Waals surface area contributed by atoms with E-state index >= 15 is 0 Å². The van der Waals surface area contributed by atoms with E-state index in [-0.39, 0.29) is 4.90 Å².